The first-order valence-electron chi connectivity index (χ1n) is 6.24. The monoisotopic (exact) mass is 237 g/mol. The number of nitrogens with two attached hydrogens (primary N) is 1. The molecule has 0 amide bonds. The van der Waals surface area contributed by atoms with Gasteiger partial charge in [0.05, 0.1) is 11.6 Å². The van der Waals surface area contributed by atoms with Crippen molar-refractivity contribution in [2.75, 3.05) is 7.11 Å². The van der Waals surface area contributed by atoms with E-state index in [0.29, 0.717) is 0 Å². The van der Waals surface area contributed by atoms with Gasteiger partial charge in [-0.25, -0.2) is 4.39 Å². The van der Waals surface area contributed by atoms with Gasteiger partial charge in [-0.3, -0.25) is 0 Å². The minimum absolute atomic E-state index is 0.173. The molecule has 0 aromatic heterocycles. The first-order valence-corrected chi connectivity index (χ1v) is 6.24. The third-order valence-electron chi connectivity index (χ3n) is 3.90. The Bertz CT molecular complexity index is 357. The van der Waals surface area contributed by atoms with Crippen LogP contribution >= 0.6 is 0 Å². The molecule has 94 valence electrons. The number of hydrogen-bond donors (Lipinski definition) is 1. The molecule has 1 saturated carbocycles. The molecule has 1 atom stereocenters. The van der Waals surface area contributed by atoms with Crippen molar-refractivity contribution in [2.24, 2.45) is 5.73 Å². The van der Waals surface area contributed by atoms with Gasteiger partial charge in [-0.05, 0) is 30.5 Å². The number of methoxy groups -OCH3 is 1. The molecular formula is C14H20FNO. The van der Waals surface area contributed by atoms with Crippen LogP contribution in [-0.4, -0.2) is 12.7 Å². The molecule has 1 aromatic carbocycles. The maximum atomic E-state index is 12.9. The highest BCUT2D eigenvalue weighted by molar-refractivity contribution is 5.23. The molecule has 0 radical (unpaired) electrons. The van der Waals surface area contributed by atoms with E-state index >= 15 is 0 Å². The molecule has 1 aliphatic rings. The van der Waals surface area contributed by atoms with Crippen LogP contribution in [0.5, 0.6) is 0 Å². The normalized spacial score (nSPS) is 21.1. The van der Waals surface area contributed by atoms with Crippen LogP contribution in [0.15, 0.2) is 24.3 Å². The number of rotatable bonds is 3. The first-order chi connectivity index (χ1) is 8.18. The smallest absolute Gasteiger partial charge is 0.123 e. The molecule has 1 aromatic rings. The quantitative estimate of drug-likeness (QED) is 0.876. The summed E-state index contributed by atoms with van der Waals surface area (Å²) >= 11 is 0. The van der Waals surface area contributed by atoms with E-state index in [2.05, 4.69) is 0 Å². The lowest BCUT2D eigenvalue weighted by Gasteiger charge is -2.41. The predicted octanol–water partition coefficient (Wildman–Crippen LogP) is 3.17. The maximum absolute atomic E-state index is 12.9. The van der Waals surface area contributed by atoms with Gasteiger partial charge in [-0.1, -0.05) is 31.4 Å². The summed E-state index contributed by atoms with van der Waals surface area (Å²) in [7, 11) is 1.73. The van der Waals surface area contributed by atoms with Crippen molar-refractivity contribution in [2.45, 2.75) is 43.7 Å². The van der Waals surface area contributed by atoms with E-state index in [1.54, 1.807) is 19.2 Å². The second-order valence-electron chi connectivity index (χ2n) is 4.86. The van der Waals surface area contributed by atoms with Crippen LogP contribution in [0.2, 0.25) is 0 Å². The van der Waals surface area contributed by atoms with Gasteiger partial charge >= 0.3 is 0 Å². The second-order valence-corrected chi connectivity index (χ2v) is 4.86. The van der Waals surface area contributed by atoms with Crippen molar-refractivity contribution >= 4 is 0 Å². The Kier molecular flexibility index (Phi) is 3.79. The molecule has 0 saturated heterocycles. The molecule has 3 heteroatoms. The summed E-state index contributed by atoms with van der Waals surface area (Å²) in [4.78, 5) is 0. The summed E-state index contributed by atoms with van der Waals surface area (Å²) < 4.78 is 18.6. The summed E-state index contributed by atoms with van der Waals surface area (Å²) in [6.07, 6.45) is 5.54. The van der Waals surface area contributed by atoms with Crippen LogP contribution in [0.1, 0.15) is 43.7 Å². The fourth-order valence-corrected chi connectivity index (χ4v) is 2.77. The molecule has 2 N–H and O–H groups in total. The van der Waals surface area contributed by atoms with Gasteiger partial charge in [0.1, 0.15) is 5.82 Å². The SMILES string of the molecule is COC1(C(N)c2ccc(F)cc2)CCCCC1. The number of ether oxygens (including phenoxy) is 1. The lowest BCUT2D eigenvalue weighted by molar-refractivity contribution is -0.0595. The zero-order valence-corrected chi connectivity index (χ0v) is 10.3. The van der Waals surface area contributed by atoms with Gasteiger partial charge < -0.3 is 10.5 Å². The van der Waals surface area contributed by atoms with Gasteiger partial charge in [-0.15, -0.1) is 0 Å². The van der Waals surface area contributed by atoms with E-state index in [0.717, 1.165) is 31.2 Å². The van der Waals surface area contributed by atoms with Crippen molar-refractivity contribution in [3.8, 4) is 0 Å². The van der Waals surface area contributed by atoms with Gasteiger partial charge in [-0.2, -0.15) is 0 Å². The van der Waals surface area contributed by atoms with Crippen LogP contribution < -0.4 is 5.73 Å². The molecule has 2 rings (SSSR count). The Balaban J connectivity index is 2.21. The van der Waals surface area contributed by atoms with Crippen molar-refractivity contribution in [3.63, 3.8) is 0 Å². The topological polar surface area (TPSA) is 35.2 Å². The minimum atomic E-state index is -0.268. The van der Waals surface area contributed by atoms with Crippen molar-refractivity contribution < 1.29 is 9.13 Å². The van der Waals surface area contributed by atoms with Gasteiger partial charge in [0, 0.05) is 7.11 Å². The molecule has 17 heavy (non-hydrogen) atoms. The number of hydrogen-bond acceptors (Lipinski definition) is 2. The molecule has 1 aliphatic carbocycles. The summed E-state index contributed by atoms with van der Waals surface area (Å²) in [5.41, 5.74) is 7.00. The Morgan fingerprint density at radius 1 is 1.18 bits per heavy atom. The fraction of sp³-hybridized carbons (Fsp3) is 0.571. The number of halogens is 1. The molecule has 0 aliphatic heterocycles. The molecule has 0 heterocycles. The number of benzene rings is 1. The minimum Gasteiger partial charge on any atom is -0.376 e. The van der Waals surface area contributed by atoms with E-state index in [4.69, 9.17) is 10.5 Å². The Morgan fingerprint density at radius 2 is 1.76 bits per heavy atom. The standard InChI is InChI=1S/C14H20FNO/c1-17-14(9-3-2-4-10-14)13(16)11-5-7-12(15)8-6-11/h5-8,13H,2-4,9-10,16H2,1H3. The molecule has 0 bridgehead atoms. The van der Waals surface area contributed by atoms with Crippen LogP contribution in [0.3, 0.4) is 0 Å². The van der Waals surface area contributed by atoms with E-state index in [9.17, 15) is 4.39 Å². The highest BCUT2D eigenvalue weighted by Gasteiger charge is 2.38. The van der Waals surface area contributed by atoms with Crippen molar-refractivity contribution in [1.82, 2.24) is 0 Å². The lowest BCUT2D eigenvalue weighted by atomic mass is 9.77. The van der Waals surface area contributed by atoms with Gasteiger partial charge in [0.2, 0.25) is 0 Å². The Labute approximate surface area is 102 Å². The largest absolute Gasteiger partial charge is 0.376 e. The fourth-order valence-electron chi connectivity index (χ4n) is 2.77. The predicted molar refractivity (Wildman–Crippen MR) is 66.2 cm³/mol. The van der Waals surface area contributed by atoms with Gasteiger partial charge in [0.25, 0.3) is 0 Å². The van der Waals surface area contributed by atoms with E-state index in [1.807, 2.05) is 0 Å². The van der Waals surface area contributed by atoms with Crippen LogP contribution in [0.4, 0.5) is 4.39 Å². The highest BCUT2D eigenvalue weighted by atomic mass is 19.1. The van der Waals surface area contributed by atoms with E-state index in [1.165, 1.54) is 18.6 Å². The van der Waals surface area contributed by atoms with Gasteiger partial charge in [0.15, 0.2) is 0 Å². The summed E-state index contributed by atoms with van der Waals surface area (Å²) in [6, 6.07) is 6.27. The highest BCUT2D eigenvalue weighted by Crippen LogP contribution is 2.39. The third-order valence-corrected chi connectivity index (χ3v) is 3.90. The molecule has 1 fully saturated rings. The first kappa shape index (κ1) is 12.5. The zero-order valence-electron chi connectivity index (χ0n) is 10.3. The molecule has 2 nitrogen and oxygen atoms in total. The second kappa shape index (κ2) is 5.15. The van der Waals surface area contributed by atoms with Crippen LogP contribution in [0.25, 0.3) is 0 Å². The summed E-state index contributed by atoms with van der Waals surface area (Å²) in [5, 5.41) is 0. The van der Waals surface area contributed by atoms with E-state index in [-0.39, 0.29) is 17.5 Å². The zero-order chi connectivity index (χ0) is 12.3. The van der Waals surface area contributed by atoms with Crippen molar-refractivity contribution in [3.05, 3.63) is 35.6 Å². The average molecular weight is 237 g/mol. The Hall–Kier alpha value is -0.930. The summed E-state index contributed by atoms with van der Waals surface area (Å²) in [6.45, 7) is 0. The summed E-state index contributed by atoms with van der Waals surface area (Å²) in [5.74, 6) is -0.226. The third kappa shape index (κ3) is 2.50. The molecular weight excluding hydrogens is 217 g/mol. The van der Waals surface area contributed by atoms with Crippen LogP contribution in [0, 0.1) is 5.82 Å². The van der Waals surface area contributed by atoms with Crippen molar-refractivity contribution in [1.29, 1.82) is 0 Å². The van der Waals surface area contributed by atoms with Crippen LogP contribution in [-0.2, 0) is 4.74 Å². The van der Waals surface area contributed by atoms with E-state index < -0.39 is 0 Å². The maximum Gasteiger partial charge on any atom is 0.123 e. The Morgan fingerprint density at radius 3 is 2.29 bits per heavy atom. The molecule has 0 spiro atoms. The average Bonchev–Trinajstić information content (AvgIpc) is 2.39. The molecule has 1 unspecified atom stereocenters. The lowest BCUT2D eigenvalue weighted by Crippen LogP contribution is -2.44.